The van der Waals surface area contributed by atoms with Crippen molar-refractivity contribution in [2.45, 2.75) is 6.54 Å². The van der Waals surface area contributed by atoms with Crippen LogP contribution in [0.15, 0.2) is 85.7 Å². The van der Waals surface area contributed by atoms with E-state index >= 15 is 0 Å². The zero-order valence-corrected chi connectivity index (χ0v) is 16.0. The molecule has 0 fully saturated rings. The van der Waals surface area contributed by atoms with Crippen LogP contribution >= 0.6 is 0 Å². The number of nitrogens with zero attached hydrogens (tertiary/aromatic N) is 6. The summed E-state index contributed by atoms with van der Waals surface area (Å²) < 4.78 is 1.95. The first-order valence-corrected chi connectivity index (χ1v) is 9.47. The Morgan fingerprint density at radius 2 is 1.70 bits per heavy atom. The number of imidazole rings is 1. The summed E-state index contributed by atoms with van der Waals surface area (Å²) in [4.78, 5) is 22.2. The van der Waals surface area contributed by atoms with E-state index in [4.69, 9.17) is 4.98 Å². The number of aromatic nitrogens is 6. The zero-order valence-electron chi connectivity index (χ0n) is 16.0. The van der Waals surface area contributed by atoms with E-state index in [1.165, 1.54) is 0 Å². The third-order valence-electron chi connectivity index (χ3n) is 4.55. The molecule has 4 heterocycles. The Morgan fingerprint density at radius 3 is 2.50 bits per heavy atom. The Bertz CT molecular complexity index is 1250. The molecule has 0 spiro atoms. The van der Waals surface area contributed by atoms with E-state index in [-0.39, 0.29) is 0 Å². The molecule has 0 aliphatic rings. The molecule has 2 N–H and O–H groups in total. The highest BCUT2D eigenvalue weighted by molar-refractivity contribution is 5.85. The van der Waals surface area contributed by atoms with E-state index in [1.54, 1.807) is 24.9 Å². The van der Waals surface area contributed by atoms with Gasteiger partial charge in [-0.3, -0.25) is 14.5 Å². The number of rotatable bonds is 6. The standard InChI is InChI=1S/C22H18N8/c1-2-6-18(7-3-1)30-15-26-19-20(25-14-16-5-4-10-24-13-16)28-22(29-21(19)30)27-17-8-11-23-12-9-17/h1-13,15H,14H2,(H2,23,25,27,28,29). The van der Waals surface area contributed by atoms with Gasteiger partial charge in [-0.2, -0.15) is 9.97 Å². The van der Waals surface area contributed by atoms with Gasteiger partial charge in [0.2, 0.25) is 5.95 Å². The molecule has 4 aromatic heterocycles. The fourth-order valence-corrected chi connectivity index (χ4v) is 3.11. The largest absolute Gasteiger partial charge is 0.364 e. The number of para-hydroxylation sites is 1. The fraction of sp³-hybridized carbons (Fsp3) is 0.0455. The third-order valence-corrected chi connectivity index (χ3v) is 4.55. The summed E-state index contributed by atoms with van der Waals surface area (Å²) in [5.41, 5.74) is 4.29. The first-order valence-electron chi connectivity index (χ1n) is 9.47. The summed E-state index contributed by atoms with van der Waals surface area (Å²) in [5.74, 6) is 1.12. The average molecular weight is 394 g/mol. The summed E-state index contributed by atoms with van der Waals surface area (Å²) in [6.07, 6.45) is 8.78. The minimum atomic E-state index is 0.472. The fourth-order valence-electron chi connectivity index (χ4n) is 3.11. The lowest BCUT2D eigenvalue weighted by atomic mass is 10.3. The molecule has 0 aliphatic heterocycles. The number of anilines is 3. The van der Waals surface area contributed by atoms with Crippen LogP contribution in [-0.2, 0) is 6.54 Å². The Labute approximate surface area is 172 Å². The molecule has 5 aromatic rings. The van der Waals surface area contributed by atoms with E-state index in [9.17, 15) is 0 Å². The van der Waals surface area contributed by atoms with Crippen molar-refractivity contribution < 1.29 is 0 Å². The quantitative estimate of drug-likeness (QED) is 0.450. The van der Waals surface area contributed by atoms with E-state index in [0.29, 0.717) is 29.5 Å². The van der Waals surface area contributed by atoms with Gasteiger partial charge in [-0.15, -0.1) is 0 Å². The summed E-state index contributed by atoms with van der Waals surface area (Å²) in [6, 6.07) is 17.6. The van der Waals surface area contributed by atoms with Crippen molar-refractivity contribution in [1.29, 1.82) is 0 Å². The Morgan fingerprint density at radius 1 is 0.833 bits per heavy atom. The smallest absolute Gasteiger partial charge is 0.231 e. The van der Waals surface area contributed by atoms with Gasteiger partial charge in [0, 0.05) is 42.7 Å². The summed E-state index contributed by atoms with van der Waals surface area (Å²) >= 11 is 0. The van der Waals surface area contributed by atoms with E-state index in [0.717, 1.165) is 16.9 Å². The van der Waals surface area contributed by atoms with Crippen LogP contribution in [0.4, 0.5) is 17.5 Å². The molecule has 0 saturated carbocycles. The molecule has 1 aromatic carbocycles. The second-order valence-electron chi connectivity index (χ2n) is 6.59. The lowest BCUT2D eigenvalue weighted by molar-refractivity contribution is 1.05. The van der Waals surface area contributed by atoms with Gasteiger partial charge < -0.3 is 10.6 Å². The highest BCUT2D eigenvalue weighted by atomic mass is 15.2. The van der Waals surface area contributed by atoms with Crippen LogP contribution in [0.3, 0.4) is 0 Å². The minimum absolute atomic E-state index is 0.472. The van der Waals surface area contributed by atoms with Crippen molar-refractivity contribution in [2.75, 3.05) is 10.6 Å². The summed E-state index contributed by atoms with van der Waals surface area (Å²) in [6.45, 7) is 0.576. The maximum atomic E-state index is 4.73. The molecule has 0 amide bonds. The lowest BCUT2D eigenvalue weighted by Crippen LogP contribution is -2.07. The maximum absolute atomic E-state index is 4.73. The number of nitrogens with one attached hydrogen (secondary N) is 2. The topological polar surface area (TPSA) is 93.4 Å². The van der Waals surface area contributed by atoms with Crippen LogP contribution in [0.25, 0.3) is 16.9 Å². The summed E-state index contributed by atoms with van der Waals surface area (Å²) in [7, 11) is 0. The van der Waals surface area contributed by atoms with Gasteiger partial charge in [0.1, 0.15) is 6.33 Å². The van der Waals surface area contributed by atoms with Gasteiger partial charge in [0.15, 0.2) is 17.0 Å². The van der Waals surface area contributed by atoms with Crippen molar-refractivity contribution in [3.05, 3.63) is 91.3 Å². The molecule has 0 atom stereocenters. The van der Waals surface area contributed by atoms with Gasteiger partial charge in [-0.25, -0.2) is 4.98 Å². The van der Waals surface area contributed by atoms with E-state index in [2.05, 4.69) is 30.6 Å². The van der Waals surface area contributed by atoms with Gasteiger partial charge in [-0.1, -0.05) is 24.3 Å². The lowest BCUT2D eigenvalue weighted by Gasteiger charge is -2.11. The zero-order chi connectivity index (χ0) is 20.2. The number of pyridine rings is 2. The first kappa shape index (κ1) is 17.7. The van der Waals surface area contributed by atoms with E-state index in [1.807, 2.05) is 65.4 Å². The molecule has 0 aliphatic carbocycles. The highest BCUT2D eigenvalue weighted by Gasteiger charge is 2.14. The summed E-state index contributed by atoms with van der Waals surface area (Å²) in [5, 5.41) is 6.62. The van der Waals surface area contributed by atoms with Gasteiger partial charge >= 0.3 is 0 Å². The van der Waals surface area contributed by atoms with Crippen LogP contribution < -0.4 is 10.6 Å². The van der Waals surface area contributed by atoms with Gasteiger partial charge in [0.05, 0.1) is 0 Å². The monoisotopic (exact) mass is 394 g/mol. The second-order valence-corrected chi connectivity index (χ2v) is 6.59. The SMILES string of the molecule is c1ccc(-n2cnc3c(NCc4cccnc4)nc(Nc4ccncc4)nc32)cc1. The second kappa shape index (κ2) is 7.96. The van der Waals surface area contributed by atoms with Gasteiger partial charge in [0.25, 0.3) is 0 Å². The molecule has 0 radical (unpaired) electrons. The molecular formula is C22H18N8. The Kier molecular flexibility index (Phi) is 4.71. The minimum Gasteiger partial charge on any atom is -0.364 e. The first-order chi connectivity index (χ1) is 14.9. The van der Waals surface area contributed by atoms with E-state index < -0.39 is 0 Å². The maximum Gasteiger partial charge on any atom is 0.231 e. The molecule has 0 bridgehead atoms. The van der Waals surface area contributed by atoms with Crippen molar-refractivity contribution in [3.63, 3.8) is 0 Å². The molecule has 8 heteroatoms. The highest BCUT2D eigenvalue weighted by Crippen LogP contribution is 2.25. The molecule has 8 nitrogen and oxygen atoms in total. The number of hydrogen-bond acceptors (Lipinski definition) is 7. The van der Waals surface area contributed by atoms with Crippen LogP contribution in [0, 0.1) is 0 Å². The van der Waals surface area contributed by atoms with Crippen molar-refractivity contribution in [3.8, 4) is 5.69 Å². The predicted molar refractivity (Wildman–Crippen MR) is 116 cm³/mol. The van der Waals surface area contributed by atoms with Crippen molar-refractivity contribution >= 4 is 28.6 Å². The normalized spacial score (nSPS) is 10.8. The van der Waals surface area contributed by atoms with Crippen molar-refractivity contribution in [2.24, 2.45) is 0 Å². The van der Waals surface area contributed by atoms with Crippen LogP contribution in [-0.4, -0.2) is 29.5 Å². The molecule has 5 rings (SSSR count). The van der Waals surface area contributed by atoms with Crippen molar-refractivity contribution in [1.82, 2.24) is 29.5 Å². The molecular weight excluding hydrogens is 376 g/mol. The number of benzene rings is 1. The van der Waals surface area contributed by atoms with Crippen LogP contribution in [0.5, 0.6) is 0 Å². The molecule has 146 valence electrons. The van der Waals surface area contributed by atoms with Crippen LogP contribution in [0.1, 0.15) is 5.56 Å². The Balaban J connectivity index is 1.57. The predicted octanol–water partition coefficient (Wildman–Crippen LogP) is 3.96. The molecule has 0 saturated heterocycles. The number of fused-ring (bicyclic) bond motifs is 1. The Hall–Kier alpha value is -4.33. The molecule has 0 unspecified atom stereocenters. The average Bonchev–Trinajstić information content (AvgIpc) is 3.23. The third kappa shape index (κ3) is 3.66. The van der Waals surface area contributed by atoms with Gasteiger partial charge in [-0.05, 0) is 35.9 Å². The number of hydrogen-bond donors (Lipinski definition) is 2. The molecule has 30 heavy (non-hydrogen) atoms. The van der Waals surface area contributed by atoms with Crippen LogP contribution in [0.2, 0.25) is 0 Å².